The van der Waals surface area contributed by atoms with Crippen molar-refractivity contribution in [1.82, 2.24) is 0 Å². The molecule has 0 spiro atoms. The molecular weight excluding hydrogens is 485 g/mol. The average molecular weight is 522 g/mol. The summed E-state index contributed by atoms with van der Waals surface area (Å²) in [5.74, 6) is 0.385. The van der Waals surface area contributed by atoms with Gasteiger partial charge in [0.2, 0.25) is 0 Å². The van der Waals surface area contributed by atoms with E-state index in [0.29, 0.717) is 18.6 Å². The van der Waals surface area contributed by atoms with E-state index in [1.165, 1.54) is 0 Å². The predicted octanol–water partition coefficient (Wildman–Crippen LogP) is -0.895. The van der Waals surface area contributed by atoms with Gasteiger partial charge >= 0.3 is 59.1 Å². The van der Waals surface area contributed by atoms with Gasteiger partial charge in [0, 0.05) is 10.1 Å². The molecular formula is C22H37Na2O9P. The van der Waals surface area contributed by atoms with Crippen LogP contribution in [0.1, 0.15) is 90.9 Å². The van der Waals surface area contributed by atoms with E-state index in [4.69, 9.17) is 14.8 Å². The average Bonchev–Trinajstić information content (AvgIpc) is 2.77. The van der Waals surface area contributed by atoms with Crippen molar-refractivity contribution < 1.29 is 103 Å². The smallest absolute Gasteiger partial charge is 0.790 e. The van der Waals surface area contributed by atoms with Gasteiger partial charge < -0.3 is 23.8 Å². The van der Waals surface area contributed by atoms with Gasteiger partial charge in [0.1, 0.15) is 5.60 Å². The first-order valence-corrected chi connectivity index (χ1v) is 12.9. The Kier molecular flexibility index (Phi) is 25.2. The molecule has 1 aromatic carbocycles. The van der Waals surface area contributed by atoms with Gasteiger partial charge in [0.25, 0.3) is 0 Å². The summed E-state index contributed by atoms with van der Waals surface area (Å²) >= 11 is 0. The summed E-state index contributed by atoms with van der Waals surface area (Å²) in [6, 6.07) is 8.61. The Bertz CT molecular complexity index is 606. The van der Waals surface area contributed by atoms with Crippen LogP contribution >= 0.6 is 7.82 Å². The van der Waals surface area contributed by atoms with Crippen LogP contribution in [0.5, 0.6) is 5.75 Å². The van der Waals surface area contributed by atoms with Gasteiger partial charge in [0.05, 0.1) is 14.4 Å². The Hall–Kier alpha value is 0.970. The molecule has 186 valence electrons. The Morgan fingerprint density at radius 3 is 1.79 bits per heavy atom. The first kappa shape index (κ1) is 37.1. The van der Waals surface area contributed by atoms with Crippen molar-refractivity contribution in [2.45, 2.75) is 96.5 Å². The van der Waals surface area contributed by atoms with Crippen LogP contribution in [0, 0.1) is 0 Å². The zero-order valence-corrected chi connectivity index (χ0v) is 26.1. The molecule has 0 radical (unpaired) electrons. The fourth-order valence-electron chi connectivity index (χ4n) is 3.30. The SMILES string of the molecule is CCCCCCCC(CCCCCCC)(COP(=O)([O-])[O-])OOOOOc1ccccc1.[Na+].[Na+]. The van der Waals surface area contributed by atoms with E-state index in [2.05, 4.69) is 28.4 Å². The summed E-state index contributed by atoms with van der Waals surface area (Å²) in [5, 5.41) is 13.7. The first-order valence-electron chi connectivity index (χ1n) is 11.5. The standard InChI is InChI=1S/C22H39O9P.2Na/c1-3-5-7-9-14-18-22(20-26-32(23,24)25,19-15-10-8-6-4-2)28-30-31-29-27-21-16-12-11-13-17-21;;/h11-13,16-17H,3-10,14-15,18-20H2,1-2H3,(H2,23,24,25);;/q;2*+1/p-2. The number of phosphoric ester groups is 1. The summed E-state index contributed by atoms with van der Waals surface area (Å²) in [6.45, 7) is 3.79. The van der Waals surface area contributed by atoms with Gasteiger partial charge in [-0.1, -0.05) is 96.3 Å². The fraction of sp³-hybridized carbons (Fsp3) is 0.727. The molecule has 0 saturated carbocycles. The van der Waals surface area contributed by atoms with E-state index in [-0.39, 0.29) is 59.1 Å². The van der Waals surface area contributed by atoms with Gasteiger partial charge in [-0.2, -0.15) is 4.89 Å². The van der Waals surface area contributed by atoms with Gasteiger partial charge in [-0.3, -0.25) is 0 Å². The molecule has 0 N–H and O–H groups in total. The monoisotopic (exact) mass is 522 g/mol. The summed E-state index contributed by atoms with van der Waals surface area (Å²) in [6.07, 6.45) is 10.8. The molecule has 0 aliphatic carbocycles. The van der Waals surface area contributed by atoms with E-state index < -0.39 is 20.0 Å². The third-order valence-corrected chi connectivity index (χ3v) is 5.54. The molecule has 1 rings (SSSR count). The molecule has 0 saturated heterocycles. The molecule has 0 aliphatic rings. The first-order chi connectivity index (χ1) is 15.4. The molecule has 0 fully saturated rings. The zero-order valence-electron chi connectivity index (χ0n) is 21.2. The number of hydrogen-bond donors (Lipinski definition) is 0. The third-order valence-electron chi connectivity index (χ3n) is 5.10. The fourth-order valence-corrected chi connectivity index (χ4v) is 3.69. The zero-order chi connectivity index (χ0) is 23.5. The van der Waals surface area contributed by atoms with Crippen LogP contribution in [-0.4, -0.2) is 12.2 Å². The maximum absolute atomic E-state index is 11.1. The van der Waals surface area contributed by atoms with E-state index in [0.717, 1.165) is 64.2 Å². The van der Waals surface area contributed by atoms with Crippen molar-refractivity contribution in [3.05, 3.63) is 30.3 Å². The summed E-state index contributed by atoms with van der Waals surface area (Å²) < 4.78 is 15.7. The minimum absolute atomic E-state index is 0. The van der Waals surface area contributed by atoms with Crippen molar-refractivity contribution in [2.24, 2.45) is 0 Å². The van der Waals surface area contributed by atoms with E-state index in [1.807, 2.05) is 6.07 Å². The second-order valence-electron chi connectivity index (χ2n) is 7.92. The van der Waals surface area contributed by atoms with Crippen molar-refractivity contribution >= 4 is 7.82 Å². The van der Waals surface area contributed by atoms with Crippen LogP contribution in [0.3, 0.4) is 0 Å². The second kappa shape index (κ2) is 23.1. The van der Waals surface area contributed by atoms with Gasteiger partial charge in [-0.25, -0.2) is 0 Å². The largest absolute Gasteiger partial charge is 1.00 e. The number of phosphoric acid groups is 1. The predicted molar refractivity (Wildman–Crippen MR) is 114 cm³/mol. The molecule has 34 heavy (non-hydrogen) atoms. The van der Waals surface area contributed by atoms with Crippen LogP contribution in [0.25, 0.3) is 0 Å². The molecule has 0 atom stereocenters. The molecule has 0 bridgehead atoms. The molecule has 0 aliphatic heterocycles. The molecule has 0 heterocycles. The molecule has 12 heteroatoms. The Morgan fingerprint density at radius 1 is 0.765 bits per heavy atom. The van der Waals surface area contributed by atoms with Crippen molar-refractivity contribution in [3.63, 3.8) is 0 Å². The number of rotatable bonds is 21. The molecule has 0 unspecified atom stereocenters. The van der Waals surface area contributed by atoms with Crippen molar-refractivity contribution in [2.75, 3.05) is 6.61 Å². The number of unbranched alkanes of at least 4 members (excludes halogenated alkanes) is 8. The molecule has 9 nitrogen and oxygen atoms in total. The van der Waals surface area contributed by atoms with Crippen LogP contribution in [0.4, 0.5) is 0 Å². The maximum Gasteiger partial charge on any atom is 1.00 e. The Balaban J connectivity index is 0. The number of hydrogen-bond acceptors (Lipinski definition) is 9. The third kappa shape index (κ3) is 20.1. The quantitative estimate of drug-likeness (QED) is 0.0666. The van der Waals surface area contributed by atoms with E-state index in [9.17, 15) is 14.4 Å². The Morgan fingerprint density at radius 2 is 1.29 bits per heavy atom. The van der Waals surface area contributed by atoms with Crippen molar-refractivity contribution in [1.29, 1.82) is 0 Å². The van der Waals surface area contributed by atoms with Crippen LogP contribution in [-0.2, 0) is 29.1 Å². The maximum atomic E-state index is 11.1. The van der Waals surface area contributed by atoms with Crippen LogP contribution in [0.15, 0.2) is 30.3 Å². The summed E-state index contributed by atoms with van der Waals surface area (Å²) in [4.78, 5) is 32.5. The van der Waals surface area contributed by atoms with Gasteiger partial charge in [0.15, 0.2) is 5.75 Å². The minimum Gasteiger partial charge on any atom is -0.790 e. The van der Waals surface area contributed by atoms with Gasteiger partial charge in [-0.05, 0) is 30.0 Å². The normalized spacial score (nSPS) is 11.5. The molecule has 0 aromatic heterocycles. The number of benzene rings is 1. The van der Waals surface area contributed by atoms with Crippen LogP contribution < -0.4 is 73.8 Å². The van der Waals surface area contributed by atoms with Crippen LogP contribution in [0.2, 0.25) is 0 Å². The van der Waals surface area contributed by atoms with E-state index in [1.54, 1.807) is 24.3 Å². The summed E-state index contributed by atoms with van der Waals surface area (Å²) in [5.41, 5.74) is -1.17. The second-order valence-corrected chi connectivity index (χ2v) is 9.07. The van der Waals surface area contributed by atoms with Crippen molar-refractivity contribution in [3.8, 4) is 5.75 Å². The summed E-state index contributed by atoms with van der Waals surface area (Å²) in [7, 11) is -5.18. The topological polar surface area (TPSA) is 119 Å². The van der Waals surface area contributed by atoms with Gasteiger partial charge in [-0.15, -0.1) is 0 Å². The number of para-hydroxylation sites is 1. The molecule has 0 amide bonds. The minimum atomic E-state index is -5.18. The molecule has 1 aromatic rings. The van der Waals surface area contributed by atoms with E-state index >= 15 is 0 Å². The Labute approximate surface area is 248 Å².